The van der Waals surface area contributed by atoms with E-state index in [1.165, 1.54) is 11.1 Å². The smallest absolute Gasteiger partial charge is 0.391 e. The van der Waals surface area contributed by atoms with Gasteiger partial charge in [-0.15, -0.1) is 0 Å². The molecule has 5 nitrogen and oxygen atoms in total. The van der Waals surface area contributed by atoms with Crippen molar-refractivity contribution in [3.63, 3.8) is 0 Å². The number of hydrogen-bond donors (Lipinski definition) is 0. The second-order valence-corrected chi connectivity index (χ2v) is 7.46. The van der Waals surface area contributed by atoms with Gasteiger partial charge in [0.25, 0.3) is 0 Å². The zero-order valence-electron chi connectivity index (χ0n) is 16.6. The molecule has 3 aromatic rings. The number of piperidine rings is 1. The summed E-state index contributed by atoms with van der Waals surface area (Å²) in [4.78, 5) is 18.3. The van der Waals surface area contributed by atoms with Crippen molar-refractivity contribution >= 4 is 6.09 Å². The fourth-order valence-corrected chi connectivity index (χ4v) is 4.16. The van der Waals surface area contributed by atoms with E-state index in [1.807, 2.05) is 18.2 Å². The molecule has 30 heavy (non-hydrogen) atoms. The van der Waals surface area contributed by atoms with E-state index in [2.05, 4.69) is 53.5 Å². The van der Waals surface area contributed by atoms with Crippen LogP contribution in [0.4, 0.5) is 4.79 Å². The predicted octanol–water partition coefficient (Wildman–Crippen LogP) is 5.00. The van der Waals surface area contributed by atoms with E-state index in [9.17, 15) is 4.79 Å². The zero-order chi connectivity index (χ0) is 20.8. The third-order valence-electron chi connectivity index (χ3n) is 5.62. The van der Waals surface area contributed by atoms with Crippen molar-refractivity contribution in [3.05, 3.63) is 95.7 Å². The van der Waals surface area contributed by atoms with E-state index >= 15 is 0 Å². The Morgan fingerprint density at radius 3 is 2.10 bits per heavy atom. The highest BCUT2D eigenvalue weighted by Crippen LogP contribution is 2.38. The molecule has 150 valence electrons. The van der Waals surface area contributed by atoms with Crippen molar-refractivity contribution in [2.45, 2.75) is 18.8 Å². The highest BCUT2D eigenvalue weighted by molar-refractivity contribution is 5.70. The number of hydrogen-bond acceptors (Lipinski definition) is 4. The van der Waals surface area contributed by atoms with Gasteiger partial charge in [-0.2, -0.15) is 5.26 Å². The van der Waals surface area contributed by atoms with Crippen LogP contribution in [0.5, 0.6) is 5.88 Å². The number of carbonyl (C=O) groups excluding carboxylic acids is 1. The fraction of sp³-hybridized carbons (Fsp3) is 0.240. The van der Waals surface area contributed by atoms with Crippen LogP contribution in [-0.4, -0.2) is 29.1 Å². The zero-order valence-corrected chi connectivity index (χ0v) is 16.6. The van der Waals surface area contributed by atoms with Crippen molar-refractivity contribution in [1.82, 2.24) is 9.88 Å². The number of carbonyl (C=O) groups is 1. The van der Waals surface area contributed by atoms with Gasteiger partial charge in [-0.25, -0.2) is 9.78 Å². The molecule has 5 heteroatoms. The summed E-state index contributed by atoms with van der Waals surface area (Å²) in [6.45, 7) is 1.27. The molecular weight excluding hydrogens is 374 g/mol. The Balaban J connectivity index is 1.44. The lowest BCUT2D eigenvalue weighted by molar-refractivity contribution is 0.126. The number of aromatic nitrogens is 1. The first kappa shape index (κ1) is 19.7. The summed E-state index contributed by atoms with van der Waals surface area (Å²) >= 11 is 0. The molecule has 2 aromatic carbocycles. The molecule has 1 fully saturated rings. The SMILES string of the molecule is N#Cc1cccc(OC(=O)N2CCC(C(c3ccccc3)c3ccccc3)CC2)n1. The molecule has 1 aliphatic rings. The highest BCUT2D eigenvalue weighted by Gasteiger charge is 2.31. The topological polar surface area (TPSA) is 66.2 Å². The van der Waals surface area contributed by atoms with Crippen molar-refractivity contribution in [2.75, 3.05) is 13.1 Å². The fourth-order valence-electron chi connectivity index (χ4n) is 4.16. The number of likely N-dealkylation sites (tertiary alicyclic amines) is 1. The summed E-state index contributed by atoms with van der Waals surface area (Å²) in [5.41, 5.74) is 2.84. The third kappa shape index (κ3) is 4.49. The first-order chi connectivity index (χ1) is 14.7. The molecule has 4 rings (SSSR count). The van der Waals surface area contributed by atoms with Crippen LogP contribution in [0.25, 0.3) is 0 Å². The molecule has 0 saturated carbocycles. The maximum Gasteiger partial charge on any atom is 0.416 e. The van der Waals surface area contributed by atoms with Crippen LogP contribution in [0.2, 0.25) is 0 Å². The van der Waals surface area contributed by atoms with E-state index in [-0.39, 0.29) is 11.6 Å². The van der Waals surface area contributed by atoms with Crippen molar-refractivity contribution < 1.29 is 9.53 Å². The number of nitrogens with zero attached hydrogens (tertiary/aromatic N) is 3. The molecule has 0 unspecified atom stereocenters. The minimum Gasteiger partial charge on any atom is -0.391 e. The van der Waals surface area contributed by atoms with E-state index < -0.39 is 6.09 Å². The van der Waals surface area contributed by atoms with E-state index in [0.717, 1.165) is 12.8 Å². The lowest BCUT2D eigenvalue weighted by Crippen LogP contribution is -2.41. The lowest BCUT2D eigenvalue weighted by Gasteiger charge is -2.36. The maximum absolute atomic E-state index is 12.6. The standard InChI is InChI=1S/C25H23N3O2/c26-18-22-12-7-13-23(27-22)30-25(29)28-16-14-21(15-17-28)24(19-8-3-1-4-9-19)20-10-5-2-6-11-20/h1-13,21,24H,14-17H2. The summed E-state index contributed by atoms with van der Waals surface area (Å²) in [7, 11) is 0. The minimum absolute atomic E-state index is 0.160. The number of amides is 1. The second kappa shape index (κ2) is 9.23. The summed E-state index contributed by atoms with van der Waals surface area (Å²) in [5.74, 6) is 0.908. The van der Waals surface area contributed by atoms with Gasteiger partial charge in [-0.3, -0.25) is 0 Å². The molecule has 0 radical (unpaired) electrons. The largest absolute Gasteiger partial charge is 0.416 e. The average molecular weight is 397 g/mol. The highest BCUT2D eigenvalue weighted by atomic mass is 16.6. The summed E-state index contributed by atoms with van der Waals surface area (Å²) < 4.78 is 5.39. The van der Waals surface area contributed by atoms with Gasteiger partial charge in [0.2, 0.25) is 5.88 Å². The quantitative estimate of drug-likeness (QED) is 0.622. The van der Waals surface area contributed by atoms with Gasteiger partial charge in [-0.05, 0) is 36.0 Å². The molecule has 1 saturated heterocycles. The Morgan fingerprint density at radius 2 is 1.53 bits per heavy atom. The Bertz CT molecular complexity index is 984. The Hall–Kier alpha value is -3.65. The van der Waals surface area contributed by atoms with Crippen LogP contribution in [0.3, 0.4) is 0 Å². The summed E-state index contributed by atoms with van der Waals surface area (Å²) in [5, 5.41) is 8.95. The van der Waals surface area contributed by atoms with Crippen LogP contribution in [0, 0.1) is 17.2 Å². The average Bonchev–Trinajstić information content (AvgIpc) is 2.81. The third-order valence-corrected chi connectivity index (χ3v) is 5.62. The van der Waals surface area contributed by atoms with Crippen LogP contribution >= 0.6 is 0 Å². The Labute approximate surface area is 176 Å². The van der Waals surface area contributed by atoms with Gasteiger partial charge >= 0.3 is 6.09 Å². The first-order valence-electron chi connectivity index (χ1n) is 10.2. The summed E-state index contributed by atoms with van der Waals surface area (Å²) in [6.07, 6.45) is 1.39. The lowest BCUT2D eigenvalue weighted by atomic mass is 9.76. The molecule has 2 heterocycles. The minimum atomic E-state index is -0.410. The van der Waals surface area contributed by atoms with Crippen LogP contribution in [0.1, 0.15) is 35.6 Å². The first-order valence-corrected chi connectivity index (χ1v) is 10.2. The van der Waals surface area contributed by atoms with Gasteiger partial charge in [-0.1, -0.05) is 66.7 Å². The molecule has 0 N–H and O–H groups in total. The van der Waals surface area contributed by atoms with E-state index in [4.69, 9.17) is 10.00 Å². The number of pyridine rings is 1. The van der Waals surface area contributed by atoms with E-state index in [1.54, 1.807) is 23.1 Å². The van der Waals surface area contributed by atoms with Crippen molar-refractivity contribution in [1.29, 1.82) is 5.26 Å². The van der Waals surface area contributed by atoms with Gasteiger partial charge in [0.15, 0.2) is 0 Å². The second-order valence-electron chi connectivity index (χ2n) is 7.46. The summed E-state index contributed by atoms with van der Waals surface area (Å²) in [6, 6.07) is 27.9. The monoisotopic (exact) mass is 397 g/mol. The number of rotatable bonds is 4. The van der Waals surface area contributed by atoms with Gasteiger partial charge in [0.1, 0.15) is 11.8 Å². The molecule has 1 aliphatic heterocycles. The van der Waals surface area contributed by atoms with Gasteiger partial charge in [0.05, 0.1) is 0 Å². The molecule has 0 spiro atoms. The number of benzene rings is 2. The predicted molar refractivity (Wildman–Crippen MR) is 114 cm³/mol. The van der Waals surface area contributed by atoms with Crippen LogP contribution < -0.4 is 4.74 Å². The molecular formula is C25H23N3O2. The molecule has 1 aromatic heterocycles. The number of ether oxygens (including phenoxy) is 1. The van der Waals surface area contributed by atoms with Crippen molar-refractivity contribution in [2.24, 2.45) is 5.92 Å². The van der Waals surface area contributed by atoms with Gasteiger partial charge < -0.3 is 9.64 Å². The molecule has 0 bridgehead atoms. The van der Waals surface area contributed by atoms with Crippen molar-refractivity contribution in [3.8, 4) is 11.9 Å². The molecule has 1 amide bonds. The number of nitriles is 1. The van der Waals surface area contributed by atoms with Crippen LogP contribution in [-0.2, 0) is 0 Å². The van der Waals surface area contributed by atoms with Gasteiger partial charge in [0, 0.05) is 25.1 Å². The van der Waals surface area contributed by atoms with E-state index in [0.29, 0.717) is 24.9 Å². The van der Waals surface area contributed by atoms with Crippen LogP contribution in [0.15, 0.2) is 78.9 Å². The maximum atomic E-state index is 12.6. The Kier molecular flexibility index (Phi) is 6.05. The Morgan fingerprint density at radius 1 is 0.933 bits per heavy atom. The molecule has 0 aliphatic carbocycles. The molecule has 0 atom stereocenters. The normalized spacial score (nSPS) is 14.3.